The monoisotopic (exact) mass is 361 g/mol. The van der Waals surface area contributed by atoms with E-state index in [1.807, 2.05) is 37.3 Å². The summed E-state index contributed by atoms with van der Waals surface area (Å²) in [5, 5.41) is 16.5. The fourth-order valence-electron chi connectivity index (χ4n) is 2.91. The SMILES string of the molecule is CC(=O)Nc1cccc2nc(-c3ccccc3C)cc(NC(=N)NC=O)c12. The van der Waals surface area contributed by atoms with E-state index in [9.17, 15) is 9.59 Å². The number of pyridine rings is 1. The molecular formula is C20H19N5O2. The quantitative estimate of drug-likeness (QED) is 0.325. The molecule has 0 atom stereocenters. The molecule has 3 aromatic rings. The Morgan fingerprint density at radius 2 is 1.85 bits per heavy atom. The molecule has 7 nitrogen and oxygen atoms in total. The molecule has 0 unspecified atom stereocenters. The molecule has 1 heterocycles. The third kappa shape index (κ3) is 3.92. The molecule has 0 fully saturated rings. The van der Waals surface area contributed by atoms with E-state index >= 15 is 0 Å². The summed E-state index contributed by atoms with van der Waals surface area (Å²) in [6.07, 6.45) is 0.426. The summed E-state index contributed by atoms with van der Waals surface area (Å²) in [7, 11) is 0. The molecule has 4 N–H and O–H groups in total. The van der Waals surface area contributed by atoms with Crippen LogP contribution < -0.4 is 16.0 Å². The molecule has 1 aromatic heterocycles. The summed E-state index contributed by atoms with van der Waals surface area (Å²) in [5.74, 6) is -0.386. The van der Waals surface area contributed by atoms with Crippen LogP contribution >= 0.6 is 0 Å². The number of aryl methyl sites for hydroxylation is 1. The van der Waals surface area contributed by atoms with E-state index in [-0.39, 0.29) is 11.9 Å². The van der Waals surface area contributed by atoms with Crippen LogP contribution in [0, 0.1) is 12.3 Å². The molecule has 2 amide bonds. The fraction of sp³-hybridized carbons (Fsp3) is 0.100. The van der Waals surface area contributed by atoms with Crippen molar-refractivity contribution < 1.29 is 9.59 Å². The lowest BCUT2D eigenvalue weighted by molar-refractivity contribution is -0.114. The molecule has 0 saturated carbocycles. The Morgan fingerprint density at radius 3 is 2.56 bits per heavy atom. The average molecular weight is 361 g/mol. The van der Waals surface area contributed by atoms with Gasteiger partial charge in [0, 0.05) is 17.9 Å². The van der Waals surface area contributed by atoms with Gasteiger partial charge in [0.05, 0.1) is 22.6 Å². The zero-order valence-corrected chi connectivity index (χ0v) is 15.0. The first-order valence-electron chi connectivity index (χ1n) is 8.32. The van der Waals surface area contributed by atoms with Gasteiger partial charge >= 0.3 is 0 Å². The number of aromatic nitrogens is 1. The minimum Gasteiger partial charge on any atom is -0.326 e. The number of amides is 2. The van der Waals surface area contributed by atoms with Gasteiger partial charge in [-0.3, -0.25) is 20.3 Å². The number of nitrogens with zero attached hydrogens (tertiary/aromatic N) is 1. The predicted octanol–water partition coefficient (Wildman–Crippen LogP) is 3.26. The van der Waals surface area contributed by atoms with Crippen LogP contribution in [0.4, 0.5) is 11.4 Å². The highest BCUT2D eigenvalue weighted by Gasteiger charge is 2.14. The van der Waals surface area contributed by atoms with Gasteiger partial charge in [0.25, 0.3) is 0 Å². The number of anilines is 2. The van der Waals surface area contributed by atoms with E-state index < -0.39 is 0 Å². The normalized spacial score (nSPS) is 10.3. The van der Waals surface area contributed by atoms with Gasteiger partial charge < -0.3 is 10.6 Å². The lowest BCUT2D eigenvalue weighted by atomic mass is 10.0. The van der Waals surface area contributed by atoms with Gasteiger partial charge in [-0.1, -0.05) is 30.3 Å². The summed E-state index contributed by atoms with van der Waals surface area (Å²) in [4.78, 5) is 27.0. The summed E-state index contributed by atoms with van der Waals surface area (Å²) < 4.78 is 0. The molecule has 2 aromatic carbocycles. The molecule has 136 valence electrons. The number of carbonyl (C=O) groups excluding carboxylic acids is 2. The molecule has 0 spiro atoms. The number of guanidine groups is 1. The Morgan fingerprint density at radius 1 is 1.07 bits per heavy atom. The number of nitrogens with one attached hydrogen (secondary N) is 4. The van der Waals surface area contributed by atoms with Crippen LogP contribution in [0.2, 0.25) is 0 Å². The van der Waals surface area contributed by atoms with E-state index in [2.05, 4.69) is 16.0 Å². The molecule has 0 radical (unpaired) electrons. The largest absolute Gasteiger partial charge is 0.326 e. The van der Waals surface area contributed by atoms with Gasteiger partial charge in [-0.2, -0.15) is 0 Å². The Bertz CT molecular complexity index is 1050. The van der Waals surface area contributed by atoms with E-state index in [1.54, 1.807) is 18.2 Å². The first-order valence-corrected chi connectivity index (χ1v) is 8.32. The van der Waals surface area contributed by atoms with Gasteiger partial charge in [-0.05, 0) is 30.7 Å². The van der Waals surface area contributed by atoms with E-state index in [1.165, 1.54) is 6.92 Å². The Labute approximate surface area is 156 Å². The van der Waals surface area contributed by atoms with Crippen LogP contribution in [-0.2, 0) is 9.59 Å². The summed E-state index contributed by atoms with van der Waals surface area (Å²) in [5.41, 5.74) is 4.54. The van der Waals surface area contributed by atoms with E-state index in [0.29, 0.717) is 28.7 Å². The fourth-order valence-corrected chi connectivity index (χ4v) is 2.91. The number of benzene rings is 2. The van der Waals surface area contributed by atoms with Crippen molar-refractivity contribution in [3.63, 3.8) is 0 Å². The first-order chi connectivity index (χ1) is 13.0. The maximum Gasteiger partial charge on any atom is 0.221 e. The highest BCUT2D eigenvalue weighted by atomic mass is 16.1. The molecule has 0 aliphatic heterocycles. The first kappa shape index (κ1) is 18.1. The zero-order valence-electron chi connectivity index (χ0n) is 15.0. The van der Waals surface area contributed by atoms with Crippen molar-refractivity contribution in [2.75, 3.05) is 10.6 Å². The van der Waals surface area contributed by atoms with Crippen LogP contribution in [0.5, 0.6) is 0 Å². The Hall–Kier alpha value is -3.74. The minimum absolute atomic E-state index is 0.175. The van der Waals surface area contributed by atoms with Crippen molar-refractivity contribution in [3.05, 3.63) is 54.1 Å². The maximum absolute atomic E-state index is 11.6. The molecule has 0 bridgehead atoms. The number of hydrogen-bond acceptors (Lipinski definition) is 4. The highest BCUT2D eigenvalue weighted by Crippen LogP contribution is 2.34. The average Bonchev–Trinajstić information content (AvgIpc) is 2.61. The van der Waals surface area contributed by atoms with E-state index in [4.69, 9.17) is 10.4 Å². The zero-order chi connectivity index (χ0) is 19.4. The minimum atomic E-state index is -0.211. The molecule has 0 saturated heterocycles. The molecule has 0 aliphatic carbocycles. The van der Waals surface area contributed by atoms with Gasteiger partial charge in [-0.15, -0.1) is 0 Å². The lowest BCUT2D eigenvalue weighted by Gasteiger charge is -2.16. The summed E-state index contributed by atoms with van der Waals surface area (Å²) >= 11 is 0. The van der Waals surface area contributed by atoms with Crippen molar-refractivity contribution >= 4 is 40.6 Å². The second-order valence-electron chi connectivity index (χ2n) is 6.01. The molecule has 27 heavy (non-hydrogen) atoms. The van der Waals surface area contributed by atoms with Crippen molar-refractivity contribution in [3.8, 4) is 11.3 Å². The number of carbonyl (C=O) groups is 2. The molecule has 0 aliphatic rings. The van der Waals surface area contributed by atoms with Gasteiger partial charge in [0.2, 0.25) is 12.3 Å². The van der Waals surface area contributed by atoms with Crippen molar-refractivity contribution in [2.24, 2.45) is 0 Å². The lowest BCUT2D eigenvalue weighted by Crippen LogP contribution is -2.28. The Kier molecular flexibility index (Phi) is 5.12. The smallest absolute Gasteiger partial charge is 0.221 e. The van der Waals surface area contributed by atoms with Crippen LogP contribution in [-0.4, -0.2) is 23.3 Å². The third-order valence-electron chi connectivity index (χ3n) is 4.03. The molecular weight excluding hydrogens is 342 g/mol. The number of fused-ring (bicyclic) bond motifs is 1. The van der Waals surface area contributed by atoms with Crippen molar-refractivity contribution in [2.45, 2.75) is 13.8 Å². The highest BCUT2D eigenvalue weighted by molar-refractivity contribution is 6.11. The molecule has 3 rings (SSSR count). The summed E-state index contributed by atoms with van der Waals surface area (Å²) in [6.45, 7) is 3.43. The number of rotatable bonds is 4. The van der Waals surface area contributed by atoms with Gasteiger partial charge in [0.1, 0.15) is 0 Å². The van der Waals surface area contributed by atoms with E-state index in [0.717, 1.165) is 16.8 Å². The standard InChI is InChI=1S/C20H19N5O2/c1-12-6-3-4-7-14(12)17-10-18(25-20(21)22-11-26)19-15(23-13(2)27)8-5-9-16(19)24-17/h3-11H,1-2H3,(H,23,27)(H3,21,22,24,25,26). The summed E-state index contributed by atoms with van der Waals surface area (Å²) in [6, 6.07) is 15.1. The second-order valence-corrected chi connectivity index (χ2v) is 6.01. The molecule has 7 heteroatoms. The Balaban J connectivity index is 2.24. The van der Waals surface area contributed by atoms with Gasteiger partial charge in [-0.25, -0.2) is 4.98 Å². The maximum atomic E-state index is 11.6. The van der Waals surface area contributed by atoms with Crippen LogP contribution in [0.15, 0.2) is 48.5 Å². The van der Waals surface area contributed by atoms with Crippen molar-refractivity contribution in [1.29, 1.82) is 5.41 Å². The third-order valence-corrected chi connectivity index (χ3v) is 4.03. The topological polar surface area (TPSA) is 107 Å². The van der Waals surface area contributed by atoms with Crippen LogP contribution in [0.25, 0.3) is 22.2 Å². The van der Waals surface area contributed by atoms with Crippen molar-refractivity contribution in [1.82, 2.24) is 10.3 Å². The van der Waals surface area contributed by atoms with Crippen LogP contribution in [0.1, 0.15) is 12.5 Å². The predicted molar refractivity (Wildman–Crippen MR) is 107 cm³/mol. The second kappa shape index (κ2) is 7.65. The van der Waals surface area contributed by atoms with Crippen LogP contribution in [0.3, 0.4) is 0 Å². The number of hydrogen-bond donors (Lipinski definition) is 4. The van der Waals surface area contributed by atoms with Gasteiger partial charge in [0.15, 0.2) is 5.96 Å².